The van der Waals surface area contributed by atoms with Crippen LogP contribution in [0.15, 0.2) is 41.0 Å². The Morgan fingerprint density at radius 2 is 2.00 bits per heavy atom. The minimum Gasteiger partial charge on any atom is -0.477 e. The summed E-state index contributed by atoms with van der Waals surface area (Å²) in [6.45, 7) is 3.22. The first-order valence-electron chi connectivity index (χ1n) is 4.46. The van der Waals surface area contributed by atoms with Gasteiger partial charge in [-0.15, -0.1) is 0 Å². The smallest absolute Gasteiger partial charge is 0.351 e. The maximum absolute atomic E-state index is 11.4. The molecule has 0 bridgehead atoms. The first kappa shape index (κ1) is 12.4. The van der Waals surface area contributed by atoms with Crippen molar-refractivity contribution in [2.24, 2.45) is 0 Å². The van der Waals surface area contributed by atoms with Gasteiger partial charge < -0.3 is 10.4 Å². The van der Waals surface area contributed by atoms with Crippen LogP contribution in [0.1, 0.15) is 5.56 Å². The molecule has 0 saturated carbocycles. The summed E-state index contributed by atoms with van der Waals surface area (Å²) in [5, 5.41) is 10.7. The van der Waals surface area contributed by atoms with Crippen molar-refractivity contribution in [3.05, 3.63) is 46.6 Å². The zero-order chi connectivity index (χ0) is 12.1. The average molecular weight is 284 g/mol. The molecule has 0 aliphatic carbocycles. The molecule has 2 N–H and O–H groups in total. The first-order valence-corrected chi connectivity index (χ1v) is 5.25. The van der Waals surface area contributed by atoms with Crippen LogP contribution in [-0.2, 0) is 16.0 Å². The number of halogens is 1. The van der Waals surface area contributed by atoms with Crippen molar-refractivity contribution in [2.45, 2.75) is 6.42 Å². The molecule has 0 saturated heterocycles. The molecule has 0 spiro atoms. The predicted octanol–water partition coefficient (Wildman–Crippen LogP) is 1.71. The van der Waals surface area contributed by atoms with E-state index < -0.39 is 11.9 Å². The fourth-order valence-electron chi connectivity index (χ4n) is 1.08. The van der Waals surface area contributed by atoms with E-state index in [0.717, 1.165) is 10.0 Å². The van der Waals surface area contributed by atoms with E-state index in [1.54, 1.807) is 12.1 Å². The second-order valence-electron chi connectivity index (χ2n) is 3.10. The van der Waals surface area contributed by atoms with Crippen LogP contribution in [0.4, 0.5) is 0 Å². The number of carboxylic acids is 1. The summed E-state index contributed by atoms with van der Waals surface area (Å²) in [6, 6.07) is 7.24. The highest BCUT2D eigenvalue weighted by Gasteiger charge is 2.10. The van der Waals surface area contributed by atoms with Crippen molar-refractivity contribution in [1.29, 1.82) is 0 Å². The molecule has 4 nitrogen and oxygen atoms in total. The minimum absolute atomic E-state index is 0.105. The zero-order valence-electron chi connectivity index (χ0n) is 8.37. The van der Waals surface area contributed by atoms with E-state index in [2.05, 4.69) is 27.8 Å². The van der Waals surface area contributed by atoms with E-state index in [0.29, 0.717) is 0 Å². The van der Waals surface area contributed by atoms with Crippen LogP contribution >= 0.6 is 15.9 Å². The van der Waals surface area contributed by atoms with Crippen LogP contribution < -0.4 is 5.32 Å². The van der Waals surface area contributed by atoms with Gasteiger partial charge in [0.1, 0.15) is 5.70 Å². The standard InChI is InChI=1S/C11H10BrNO3/c1-7(11(15)16)13-10(14)6-8-4-2-3-5-9(8)12/h2-5H,1,6H2,(H,13,14)(H,15,16). The molecular formula is C11H10BrNO3. The van der Waals surface area contributed by atoms with Gasteiger partial charge in [-0.05, 0) is 11.6 Å². The average Bonchev–Trinajstić information content (AvgIpc) is 2.21. The third-order valence-electron chi connectivity index (χ3n) is 1.86. The van der Waals surface area contributed by atoms with E-state index >= 15 is 0 Å². The van der Waals surface area contributed by atoms with Crippen LogP contribution in [0.5, 0.6) is 0 Å². The van der Waals surface area contributed by atoms with Crippen LogP contribution in [0, 0.1) is 0 Å². The van der Waals surface area contributed by atoms with Gasteiger partial charge >= 0.3 is 5.97 Å². The lowest BCUT2D eigenvalue weighted by Gasteiger charge is -2.05. The maximum Gasteiger partial charge on any atom is 0.351 e. The minimum atomic E-state index is -1.24. The molecule has 0 unspecified atom stereocenters. The SMILES string of the molecule is C=C(NC(=O)Cc1ccccc1Br)C(=O)O. The number of carboxylic acid groups (broad SMARTS) is 1. The molecule has 0 heterocycles. The molecule has 0 radical (unpaired) electrons. The fraction of sp³-hybridized carbons (Fsp3) is 0.0909. The van der Waals surface area contributed by atoms with Gasteiger partial charge in [0.25, 0.3) is 0 Å². The summed E-state index contributed by atoms with van der Waals surface area (Å²) in [6.07, 6.45) is 0.105. The van der Waals surface area contributed by atoms with Gasteiger partial charge in [0.05, 0.1) is 6.42 Å². The van der Waals surface area contributed by atoms with Crippen molar-refractivity contribution in [2.75, 3.05) is 0 Å². The highest BCUT2D eigenvalue weighted by Crippen LogP contribution is 2.16. The molecule has 0 aliphatic heterocycles. The van der Waals surface area contributed by atoms with Crippen LogP contribution in [0.3, 0.4) is 0 Å². The van der Waals surface area contributed by atoms with Gasteiger partial charge in [0.2, 0.25) is 5.91 Å². The van der Waals surface area contributed by atoms with Crippen molar-refractivity contribution in [3.63, 3.8) is 0 Å². The number of carbonyl (C=O) groups excluding carboxylic acids is 1. The topological polar surface area (TPSA) is 66.4 Å². The lowest BCUT2D eigenvalue weighted by molar-refractivity contribution is -0.134. The Morgan fingerprint density at radius 3 is 2.56 bits per heavy atom. The first-order chi connectivity index (χ1) is 7.50. The maximum atomic E-state index is 11.4. The van der Waals surface area contributed by atoms with Gasteiger partial charge in [-0.25, -0.2) is 4.79 Å². The molecule has 1 amide bonds. The lowest BCUT2D eigenvalue weighted by Crippen LogP contribution is -2.27. The summed E-state index contributed by atoms with van der Waals surface area (Å²) < 4.78 is 0.811. The van der Waals surface area contributed by atoms with Crippen LogP contribution in [0.2, 0.25) is 0 Å². The molecule has 0 fully saturated rings. The van der Waals surface area contributed by atoms with Gasteiger partial charge in [-0.2, -0.15) is 0 Å². The van der Waals surface area contributed by atoms with E-state index in [1.165, 1.54) is 0 Å². The summed E-state index contributed by atoms with van der Waals surface area (Å²) in [4.78, 5) is 21.9. The summed E-state index contributed by atoms with van der Waals surface area (Å²) >= 11 is 3.30. The Hall–Kier alpha value is -1.62. The highest BCUT2D eigenvalue weighted by atomic mass is 79.9. The second-order valence-corrected chi connectivity index (χ2v) is 3.95. The van der Waals surface area contributed by atoms with Crippen molar-refractivity contribution >= 4 is 27.8 Å². The molecule has 16 heavy (non-hydrogen) atoms. The molecule has 84 valence electrons. The van der Waals surface area contributed by atoms with Gasteiger partial charge in [0.15, 0.2) is 0 Å². The molecule has 1 aromatic rings. The van der Waals surface area contributed by atoms with Gasteiger partial charge in [0, 0.05) is 4.47 Å². The number of hydrogen-bond acceptors (Lipinski definition) is 2. The molecular weight excluding hydrogens is 274 g/mol. The molecule has 0 atom stereocenters. The van der Waals surface area contributed by atoms with Crippen molar-refractivity contribution in [1.82, 2.24) is 5.32 Å². The molecule has 1 aromatic carbocycles. The number of aliphatic carboxylic acids is 1. The predicted molar refractivity (Wildman–Crippen MR) is 62.8 cm³/mol. The monoisotopic (exact) mass is 283 g/mol. The molecule has 5 heteroatoms. The number of amides is 1. The highest BCUT2D eigenvalue weighted by molar-refractivity contribution is 9.10. The Morgan fingerprint density at radius 1 is 1.38 bits per heavy atom. The quantitative estimate of drug-likeness (QED) is 0.827. The summed E-state index contributed by atoms with van der Waals surface area (Å²) in [7, 11) is 0. The Balaban J connectivity index is 2.62. The van der Waals surface area contributed by atoms with Gasteiger partial charge in [-0.1, -0.05) is 40.7 Å². The van der Waals surface area contributed by atoms with Crippen molar-refractivity contribution in [3.8, 4) is 0 Å². The van der Waals surface area contributed by atoms with E-state index in [-0.39, 0.29) is 12.1 Å². The fourth-order valence-corrected chi connectivity index (χ4v) is 1.51. The van der Waals surface area contributed by atoms with Gasteiger partial charge in [-0.3, -0.25) is 4.79 Å². The van der Waals surface area contributed by atoms with E-state index in [9.17, 15) is 9.59 Å². The normalized spacial score (nSPS) is 9.56. The van der Waals surface area contributed by atoms with E-state index in [1.807, 2.05) is 12.1 Å². The van der Waals surface area contributed by atoms with Crippen molar-refractivity contribution < 1.29 is 14.7 Å². The van der Waals surface area contributed by atoms with Crippen LogP contribution in [0.25, 0.3) is 0 Å². The molecule has 0 aliphatic rings. The largest absolute Gasteiger partial charge is 0.477 e. The Labute approximate surface area is 101 Å². The Bertz CT molecular complexity index is 443. The third kappa shape index (κ3) is 3.51. The second kappa shape index (κ2) is 5.46. The van der Waals surface area contributed by atoms with Crippen LogP contribution in [-0.4, -0.2) is 17.0 Å². The number of hydrogen-bond donors (Lipinski definition) is 2. The number of carbonyl (C=O) groups is 2. The molecule has 0 aromatic heterocycles. The zero-order valence-corrected chi connectivity index (χ0v) is 9.95. The van der Waals surface area contributed by atoms with E-state index in [4.69, 9.17) is 5.11 Å². The number of benzene rings is 1. The number of nitrogens with one attached hydrogen (secondary N) is 1. The summed E-state index contributed by atoms with van der Waals surface area (Å²) in [5.74, 6) is -1.64. The number of rotatable bonds is 4. The summed E-state index contributed by atoms with van der Waals surface area (Å²) in [5.41, 5.74) is 0.468. The lowest BCUT2D eigenvalue weighted by atomic mass is 10.1. The third-order valence-corrected chi connectivity index (χ3v) is 2.63. The molecule has 1 rings (SSSR count). The Kier molecular flexibility index (Phi) is 4.25.